The first kappa shape index (κ1) is 13.6. The molecule has 4 heteroatoms. The Hall–Kier alpha value is -0.870. The molecule has 0 bridgehead atoms. The van der Waals surface area contributed by atoms with Crippen molar-refractivity contribution in [3.63, 3.8) is 0 Å². The highest BCUT2D eigenvalue weighted by atomic mass is 32.1. The Morgan fingerprint density at radius 2 is 2.22 bits per heavy atom. The van der Waals surface area contributed by atoms with Crippen LogP contribution in [0.3, 0.4) is 0 Å². The van der Waals surface area contributed by atoms with Crippen LogP contribution < -0.4 is 10.6 Å². The van der Waals surface area contributed by atoms with Gasteiger partial charge in [-0.2, -0.15) is 0 Å². The molecule has 2 heterocycles. The fourth-order valence-corrected chi connectivity index (χ4v) is 3.66. The standard InChI is InChI=1S/C14H22N2OS/c1-8-6-15-7-13(8)14(17)16-10(3)12-5-9(2)18-11(12)4/h5,8,10,13,15H,6-7H2,1-4H3,(H,16,17)/t8-,10?,13-/m1/s1. The zero-order chi connectivity index (χ0) is 13.3. The number of aryl methyl sites for hydroxylation is 2. The summed E-state index contributed by atoms with van der Waals surface area (Å²) in [7, 11) is 0. The van der Waals surface area contributed by atoms with Crippen molar-refractivity contribution in [1.29, 1.82) is 0 Å². The average molecular weight is 266 g/mol. The molecule has 1 aromatic rings. The first-order valence-corrected chi connectivity index (χ1v) is 7.38. The fraction of sp³-hybridized carbons (Fsp3) is 0.643. The van der Waals surface area contributed by atoms with Crippen molar-refractivity contribution in [2.24, 2.45) is 11.8 Å². The van der Waals surface area contributed by atoms with Crippen LogP contribution in [0.1, 0.15) is 35.2 Å². The van der Waals surface area contributed by atoms with Crippen LogP contribution in [0.15, 0.2) is 6.07 Å². The van der Waals surface area contributed by atoms with Crippen LogP contribution in [0, 0.1) is 25.7 Å². The Balaban J connectivity index is 2.01. The van der Waals surface area contributed by atoms with Gasteiger partial charge in [0.1, 0.15) is 0 Å². The molecule has 1 aliphatic heterocycles. The number of thiophene rings is 1. The molecule has 0 spiro atoms. The van der Waals surface area contributed by atoms with E-state index in [1.807, 2.05) is 0 Å². The Labute approximate surface area is 113 Å². The molecule has 1 unspecified atom stereocenters. The van der Waals surface area contributed by atoms with Crippen molar-refractivity contribution in [2.45, 2.75) is 33.7 Å². The highest BCUT2D eigenvalue weighted by Crippen LogP contribution is 2.27. The summed E-state index contributed by atoms with van der Waals surface area (Å²) in [5.41, 5.74) is 1.25. The zero-order valence-corrected chi connectivity index (χ0v) is 12.4. The van der Waals surface area contributed by atoms with Gasteiger partial charge in [-0.05, 0) is 44.9 Å². The van der Waals surface area contributed by atoms with Gasteiger partial charge in [0.25, 0.3) is 0 Å². The van der Waals surface area contributed by atoms with Crippen LogP contribution in [0.25, 0.3) is 0 Å². The molecule has 3 atom stereocenters. The Bertz CT molecular complexity index is 441. The van der Waals surface area contributed by atoms with Gasteiger partial charge in [0.15, 0.2) is 0 Å². The van der Waals surface area contributed by atoms with Crippen LogP contribution in [-0.2, 0) is 4.79 Å². The van der Waals surface area contributed by atoms with Crippen LogP contribution in [-0.4, -0.2) is 19.0 Å². The van der Waals surface area contributed by atoms with Crippen molar-refractivity contribution < 1.29 is 4.79 Å². The highest BCUT2D eigenvalue weighted by Gasteiger charge is 2.30. The number of hydrogen-bond donors (Lipinski definition) is 2. The summed E-state index contributed by atoms with van der Waals surface area (Å²) in [6.07, 6.45) is 0. The molecule has 1 aliphatic rings. The third-order valence-electron chi connectivity index (χ3n) is 3.76. The van der Waals surface area contributed by atoms with Crippen LogP contribution in [0.2, 0.25) is 0 Å². The molecule has 1 fully saturated rings. The first-order chi connectivity index (χ1) is 8.49. The predicted molar refractivity (Wildman–Crippen MR) is 75.9 cm³/mol. The summed E-state index contributed by atoms with van der Waals surface area (Å²) in [6, 6.07) is 2.29. The average Bonchev–Trinajstić information content (AvgIpc) is 2.84. The molecule has 0 aromatic carbocycles. The molecular weight excluding hydrogens is 244 g/mol. The number of amides is 1. The molecule has 1 amide bonds. The molecular formula is C14H22N2OS. The van der Waals surface area contributed by atoms with Crippen molar-refractivity contribution in [3.05, 3.63) is 21.4 Å². The minimum atomic E-state index is 0.107. The topological polar surface area (TPSA) is 41.1 Å². The van der Waals surface area contributed by atoms with Gasteiger partial charge >= 0.3 is 0 Å². The van der Waals surface area contributed by atoms with E-state index in [2.05, 4.69) is 44.4 Å². The maximum absolute atomic E-state index is 12.2. The van der Waals surface area contributed by atoms with E-state index in [1.165, 1.54) is 15.3 Å². The molecule has 100 valence electrons. The fourth-order valence-electron chi connectivity index (χ4n) is 2.64. The molecule has 1 aromatic heterocycles. The molecule has 18 heavy (non-hydrogen) atoms. The van der Waals surface area contributed by atoms with E-state index in [-0.39, 0.29) is 17.9 Å². The number of hydrogen-bond acceptors (Lipinski definition) is 3. The molecule has 0 radical (unpaired) electrons. The third-order valence-corrected chi connectivity index (χ3v) is 4.74. The smallest absolute Gasteiger partial charge is 0.225 e. The third kappa shape index (κ3) is 2.75. The Morgan fingerprint density at radius 3 is 2.72 bits per heavy atom. The monoisotopic (exact) mass is 266 g/mol. The lowest BCUT2D eigenvalue weighted by atomic mass is 9.96. The summed E-state index contributed by atoms with van der Waals surface area (Å²) in [6.45, 7) is 10.2. The van der Waals surface area contributed by atoms with Gasteiger partial charge in [0.05, 0.1) is 12.0 Å². The van der Waals surface area contributed by atoms with Crippen molar-refractivity contribution in [3.8, 4) is 0 Å². The predicted octanol–water partition coefficient (Wildman–Crippen LogP) is 2.40. The minimum absolute atomic E-state index is 0.107. The maximum atomic E-state index is 12.2. The SMILES string of the molecule is Cc1cc(C(C)NC(=O)[C@@H]2CNC[C@H]2C)c(C)s1. The maximum Gasteiger partial charge on any atom is 0.225 e. The highest BCUT2D eigenvalue weighted by molar-refractivity contribution is 7.12. The van der Waals surface area contributed by atoms with E-state index in [9.17, 15) is 4.79 Å². The van der Waals surface area contributed by atoms with Gasteiger partial charge < -0.3 is 10.6 Å². The van der Waals surface area contributed by atoms with Crippen molar-refractivity contribution in [2.75, 3.05) is 13.1 Å². The molecule has 2 N–H and O–H groups in total. The van der Waals surface area contributed by atoms with Gasteiger partial charge in [-0.1, -0.05) is 6.92 Å². The lowest BCUT2D eigenvalue weighted by Gasteiger charge is -2.19. The normalized spacial score (nSPS) is 25.1. The van der Waals surface area contributed by atoms with Gasteiger partial charge in [0.2, 0.25) is 5.91 Å². The lowest BCUT2D eigenvalue weighted by molar-refractivity contribution is -0.126. The van der Waals surface area contributed by atoms with Gasteiger partial charge in [0, 0.05) is 16.3 Å². The second-order valence-electron chi connectivity index (χ2n) is 5.34. The van der Waals surface area contributed by atoms with E-state index >= 15 is 0 Å². The minimum Gasteiger partial charge on any atom is -0.349 e. The van der Waals surface area contributed by atoms with Gasteiger partial charge in [-0.15, -0.1) is 11.3 Å². The lowest BCUT2D eigenvalue weighted by Crippen LogP contribution is -2.36. The number of nitrogens with one attached hydrogen (secondary N) is 2. The summed E-state index contributed by atoms with van der Waals surface area (Å²) in [5, 5.41) is 6.42. The molecule has 0 saturated carbocycles. The van der Waals surface area contributed by atoms with Gasteiger partial charge in [-0.3, -0.25) is 4.79 Å². The number of carbonyl (C=O) groups is 1. The quantitative estimate of drug-likeness (QED) is 0.882. The zero-order valence-electron chi connectivity index (χ0n) is 11.5. The molecule has 0 aliphatic carbocycles. The second-order valence-corrected chi connectivity index (χ2v) is 6.80. The van der Waals surface area contributed by atoms with Crippen molar-refractivity contribution >= 4 is 17.2 Å². The van der Waals surface area contributed by atoms with Crippen LogP contribution in [0.5, 0.6) is 0 Å². The number of rotatable bonds is 3. The first-order valence-electron chi connectivity index (χ1n) is 6.57. The van der Waals surface area contributed by atoms with Gasteiger partial charge in [-0.25, -0.2) is 0 Å². The van der Waals surface area contributed by atoms with E-state index < -0.39 is 0 Å². The molecule has 2 rings (SSSR count). The molecule has 3 nitrogen and oxygen atoms in total. The van der Waals surface area contributed by atoms with E-state index in [1.54, 1.807) is 11.3 Å². The van der Waals surface area contributed by atoms with Crippen molar-refractivity contribution in [1.82, 2.24) is 10.6 Å². The molecule has 1 saturated heterocycles. The van der Waals surface area contributed by atoms with E-state index in [4.69, 9.17) is 0 Å². The van der Waals surface area contributed by atoms with Crippen LogP contribution in [0.4, 0.5) is 0 Å². The van der Waals surface area contributed by atoms with Crippen LogP contribution >= 0.6 is 11.3 Å². The summed E-state index contributed by atoms with van der Waals surface area (Å²) >= 11 is 1.79. The largest absolute Gasteiger partial charge is 0.349 e. The Morgan fingerprint density at radius 1 is 1.50 bits per heavy atom. The number of carbonyl (C=O) groups excluding carboxylic acids is 1. The Kier molecular flexibility index (Phi) is 4.07. The summed E-state index contributed by atoms with van der Waals surface area (Å²) in [4.78, 5) is 14.8. The van der Waals surface area contributed by atoms with E-state index in [0.29, 0.717) is 5.92 Å². The van der Waals surface area contributed by atoms with E-state index in [0.717, 1.165) is 13.1 Å². The second kappa shape index (κ2) is 5.41. The summed E-state index contributed by atoms with van der Waals surface area (Å²) < 4.78 is 0. The summed E-state index contributed by atoms with van der Waals surface area (Å²) in [5.74, 6) is 0.734.